The lowest BCUT2D eigenvalue weighted by Gasteiger charge is -2.33. The minimum Gasteiger partial charge on any atom is -0.351 e. The molecule has 1 amide bonds. The van der Waals surface area contributed by atoms with Crippen LogP contribution in [0.3, 0.4) is 0 Å². The van der Waals surface area contributed by atoms with Crippen LogP contribution in [0.25, 0.3) is 0 Å². The van der Waals surface area contributed by atoms with E-state index in [1.54, 1.807) is 0 Å². The Morgan fingerprint density at radius 1 is 1.00 bits per heavy atom. The zero-order valence-corrected chi connectivity index (χ0v) is 15.5. The molecular weight excluding hydrogens is 308 g/mol. The summed E-state index contributed by atoms with van der Waals surface area (Å²) in [4.78, 5) is 14.3. The van der Waals surface area contributed by atoms with Gasteiger partial charge in [0.25, 0.3) is 0 Å². The molecule has 0 spiro atoms. The van der Waals surface area contributed by atoms with E-state index in [4.69, 9.17) is 0 Å². The van der Waals surface area contributed by atoms with Gasteiger partial charge in [-0.3, -0.25) is 9.69 Å². The zero-order chi connectivity index (χ0) is 17.9. The average Bonchev–Trinajstić information content (AvgIpc) is 2.55. The first-order chi connectivity index (χ1) is 11.9. The minimum atomic E-state index is 0.124. The van der Waals surface area contributed by atoms with Crippen molar-refractivity contribution in [3.05, 3.63) is 71.3 Å². The maximum Gasteiger partial charge on any atom is 0.234 e. The number of hydrogen-bond donors (Lipinski definition) is 1. The number of piperazine rings is 1. The number of carbonyl (C=O) groups is 1. The first-order valence-corrected chi connectivity index (χ1v) is 9.05. The van der Waals surface area contributed by atoms with E-state index in [0.29, 0.717) is 6.54 Å². The summed E-state index contributed by atoms with van der Waals surface area (Å²) in [6.07, 6.45) is 0.881. The number of nitrogens with one attached hydrogen (secondary N) is 1. The molecule has 0 radical (unpaired) electrons. The van der Waals surface area contributed by atoms with Gasteiger partial charge in [-0.25, -0.2) is 0 Å². The van der Waals surface area contributed by atoms with Gasteiger partial charge < -0.3 is 5.32 Å². The lowest BCUT2D eigenvalue weighted by Crippen LogP contribution is -2.54. The van der Waals surface area contributed by atoms with Crippen LogP contribution in [0.2, 0.25) is 0 Å². The Balaban J connectivity index is 1.63. The fraction of sp³-hybridized carbons (Fsp3) is 0.409. The van der Waals surface area contributed by atoms with Crippen molar-refractivity contribution in [2.75, 3.05) is 13.1 Å². The third kappa shape index (κ3) is 4.93. The first kappa shape index (κ1) is 17.7. The summed E-state index contributed by atoms with van der Waals surface area (Å²) in [5, 5.41) is 3.13. The van der Waals surface area contributed by atoms with Gasteiger partial charge in [0.2, 0.25) is 5.91 Å². The van der Waals surface area contributed by atoms with Crippen LogP contribution in [0.4, 0.5) is 0 Å². The Morgan fingerprint density at radius 3 is 2.32 bits per heavy atom. The molecule has 0 saturated carbocycles. The minimum absolute atomic E-state index is 0.124. The quantitative estimate of drug-likeness (QED) is 0.926. The number of hydrogen-bond acceptors (Lipinski definition) is 2. The molecule has 1 saturated heterocycles. The van der Waals surface area contributed by atoms with E-state index >= 15 is 0 Å². The summed E-state index contributed by atoms with van der Waals surface area (Å²) in [6.45, 7) is 8.87. The summed E-state index contributed by atoms with van der Waals surface area (Å²) in [7, 11) is 0. The summed E-state index contributed by atoms with van der Waals surface area (Å²) >= 11 is 0. The number of nitrogens with zero attached hydrogens (tertiary/aromatic N) is 1. The van der Waals surface area contributed by atoms with Crippen molar-refractivity contribution >= 4 is 5.91 Å². The summed E-state index contributed by atoms with van der Waals surface area (Å²) < 4.78 is 0. The van der Waals surface area contributed by atoms with Crippen molar-refractivity contribution in [2.24, 2.45) is 0 Å². The number of carbonyl (C=O) groups excluding carboxylic acids is 1. The van der Waals surface area contributed by atoms with Gasteiger partial charge in [0, 0.05) is 19.1 Å². The molecule has 1 atom stereocenters. The Bertz CT molecular complexity index is 701. The van der Waals surface area contributed by atoms with Crippen molar-refractivity contribution in [2.45, 2.75) is 45.2 Å². The Kier molecular flexibility index (Phi) is 5.24. The summed E-state index contributed by atoms with van der Waals surface area (Å²) in [5.74, 6) is 0.124. The molecule has 0 aromatic heterocycles. The monoisotopic (exact) mass is 336 g/mol. The highest BCUT2D eigenvalue weighted by Gasteiger charge is 2.24. The second-order valence-electron chi connectivity index (χ2n) is 8.07. The van der Waals surface area contributed by atoms with E-state index < -0.39 is 0 Å². The number of amides is 1. The van der Waals surface area contributed by atoms with Gasteiger partial charge >= 0.3 is 0 Å². The molecule has 3 nitrogen and oxygen atoms in total. The molecule has 0 bridgehead atoms. The van der Waals surface area contributed by atoms with Crippen LogP contribution >= 0.6 is 0 Å². The molecular formula is C22H28N2O. The van der Waals surface area contributed by atoms with Gasteiger partial charge in [-0.1, -0.05) is 75.4 Å². The Morgan fingerprint density at radius 2 is 1.68 bits per heavy atom. The fourth-order valence-electron chi connectivity index (χ4n) is 3.40. The van der Waals surface area contributed by atoms with E-state index in [-0.39, 0.29) is 17.4 Å². The normalized spacial score (nSPS) is 18.8. The van der Waals surface area contributed by atoms with Crippen molar-refractivity contribution in [1.82, 2.24) is 10.2 Å². The highest BCUT2D eigenvalue weighted by Crippen LogP contribution is 2.22. The van der Waals surface area contributed by atoms with Gasteiger partial charge in [0.1, 0.15) is 0 Å². The van der Waals surface area contributed by atoms with Crippen molar-refractivity contribution < 1.29 is 4.79 Å². The SMILES string of the molecule is CC(C)(C)c1ccc(CN2CC(=O)N[C@@H](Cc3ccccc3)C2)cc1. The molecule has 132 valence electrons. The molecule has 1 aliphatic heterocycles. The molecule has 3 rings (SSSR count). The zero-order valence-electron chi connectivity index (χ0n) is 15.5. The Labute approximate surface area is 151 Å². The van der Waals surface area contributed by atoms with Gasteiger partial charge in [-0.2, -0.15) is 0 Å². The molecule has 25 heavy (non-hydrogen) atoms. The third-order valence-electron chi connectivity index (χ3n) is 4.76. The standard InChI is InChI=1S/C22H28N2O/c1-22(2,3)19-11-9-18(10-12-19)14-24-15-20(23-21(25)16-24)13-17-7-5-4-6-8-17/h4-12,20H,13-16H2,1-3H3,(H,23,25)/t20-/m0/s1. The molecule has 1 aliphatic rings. The molecule has 1 heterocycles. The highest BCUT2D eigenvalue weighted by molar-refractivity contribution is 5.79. The van der Waals surface area contributed by atoms with E-state index in [1.807, 2.05) is 6.07 Å². The fourth-order valence-corrected chi connectivity index (χ4v) is 3.40. The Hall–Kier alpha value is -2.13. The summed E-state index contributed by atoms with van der Waals surface area (Å²) in [5.41, 5.74) is 4.05. The predicted octanol–water partition coefficient (Wildman–Crippen LogP) is 3.53. The molecule has 0 aliphatic carbocycles. The van der Waals surface area contributed by atoms with Crippen molar-refractivity contribution in [1.29, 1.82) is 0 Å². The van der Waals surface area contributed by atoms with E-state index in [2.05, 4.69) is 79.5 Å². The number of benzene rings is 2. The first-order valence-electron chi connectivity index (χ1n) is 9.05. The van der Waals surface area contributed by atoms with Crippen LogP contribution < -0.4 is 5.32 Å². The average molecular weight is 336 g/mol. The van der Waals surface area contributed by atoms with Crippen LogP contribution in [0, 0.1) is 0 Å². The van der Waals surface area contributed by atoms with Crippen molar-refractivity contribution in [3.8, 4) is 0 Å². The largest absolute Gasteiger partial charge is 0.351 e. The van der Waals surface area contributed by atoms with Gasteiger partial charge in [0.15, 0.2) is 0 Å². The predicted molar refractivity (Wildman–Crippen MR) is 102 cm³/mol. The second-order valence-corrected chi connectivity index (χ2v) is 8.07. The van der Waals surface area contributed by atoms with E-state index in [1.165, 1.54) is 16.7 Å². The molecule has 1 N–H and O–H groups in total. The van der Waals surface area contributed by atoms with E-state index in [9.17, 15) is 4.79 Å². The van der Waals surface area contributed by atoms with Crippen LogP contribution in [0.1, 0.15) is 37.5 Å². The maximum atomic E-state index is 12.1. The van der Waals surface area contributed by atoms with E-state index in [0.717, 1.165) is 19.5 Å². The van der Waals surface area contributed by atoms with Gasteiger partial charge in [-0.05, 0) is 28.5 Å². The maximum absolute atomic E-state index is 12.1. The van der Waals surface area contributed by atoms with Crippen LogP contribution in [-0.4, -0.2) is 29.9 Å². The smallest absolute Gasteiger partial charge is 0.234 e. The molecule has 2 aromatic carbocycles. The summed E-state index contributed by atoms with van der Waals surface area (Å²) in [6, 6.07) is 19.4. The third-order valence-corrected chi connectivity index (χ3v) is 4.76. The molecule has 1 fully saturated rings. The topological polar surface area (TPSA) is 32.3 Å². The van der Waals surface area contributed by atoms with Crippen molar-refractivity contribution in [3.63, 3.8) is 0 Å². The molecule has 3 heteroatoms. The van der Waals surface area contributed by atoms with Crippen LogP contribution in [-0.2, 0) is 23.2 Å². The number of rotatable bonds is 4. The van der Waals surface area contributed by atoms with Crippen LogP contribution in [0.5, 0.6) is 0 Å². The van der Waals surface area contributed by atoms with Gasteiger partial charge in [-0.15, -0.1) is 0 Å². The molecule has 2 aromatic rings. The second kappa shape index (κ2) is 7.40. The lowest BCUT2D eigenvalue weighted by atomic mass is 9.87. The molecule has 0 unspecified atom stereocenters. The lowest BCUT2D eigenvalue weighted by molar-refractivity contribution is -0.125. The van der Waals surface area contributed by atoms with Crippen LogP contribution in [0.15, 0.2) is 54.6 Å². The van der Waals surface area contributed by atoms with Gasteiger partial charge in [0.05, 0.1) is 6.54 Å². The highest BCUT2D eigenvalue weighted by atomic mass is 16.2.